The van der Waals surface area contributed by atoms with Crippen LogP contribution in [0, 0.1) is 0 Å². The number of fused-ring (bicyclic) bond motifs is 1. The topological polar surface area (TPSA) is 15.3 Å². The van der Waals surface area contributed by atoms with Crippen molar-refractivity contribution in [2.24, 2.45) is 0 Å². The summed E-state index contributed by atoms with van der Waals surface area (Å²) in [5.74, 6) is 0.484. The van der Waals surface area contributed by atoms with E-state index in [1.165, 1.54) is 69.7 Å². The number of anilines is 3. The summed E-state index contributed by atoms with van der Waals surface area (Å²) in [4.78, 5) is 2.55. The number of hydrogen-bond acceptors (Lipinski definition) is 2. The van der Waals surface area contributed by atoms with Crippen molar-refractivity contribution in [3.63, 3.8) is 0 Å². The fraction of sp³-hybridized carbons (Fsp3) is 0.268. The van der Waals surface area contributed by atoms with Gasteiger partial charge >= 0.3 is 0 Å². The third-order valence-electron chi connectivity index (χ3n) is 9.07. The number of allylic oxidation sites excluding steroid dienone is 5. The van der Waals surface area contributed by atoms with E-state index in [1.807, 2.05) is 0 Å². The first-order chi connectivity index (χ1) is 21.2. The van der Waals surface area contributed by atoms with Crippen LogP contribution in [0.15, 0.2) is 134 Å². The molecule has 0 saturated heterocycles. The Labute approximate surface area is 258 Å². The Balaban J connectivity index is 1.32. The SMILES string of the molecule is C=C1CCCCC/C=C\C=C1c1cccc(N2CC(Nc3ccc(-c4ccccc4)cc3)CCC(C)c3ccccc32)c1. The van der Waals surface area contributed by atoms with Crippen LogP contribution in [-0.2, 0) is 0 Å². The van der Waals surface area contributed by atoms with Crippen LogP contribution in [0.3, 0.4) is 0 Å². The third kappa shape index (κ3) is 7.03. The Bertz CT molecular complexity index is 1580. The van der Waals surface area contributed by atoms with Crippen LogP contribution in [0.2, 0.25) is 0 Å². The molecule has 2 unspecified atom stereocenters. The Kier molecular flexibility index (Phi) is 9.23. The van der Waals surface area contributed by atoms with Crippen LogP contribution < -0.4 is 10.2 Å². The van der Waals surface area contributed by atoms with Crippen molar-refractivity contribution in [2.75, 3.05) is 16.8 Å². The average molecular weight is 565 g/mol. The molecule has 4 aromatic rings. The first-order valence-corrected chi connectivity index (χ1v) is 16.1. The summed E-state index contributed by atoms with van der Waals surface area (Å²) in [5.41, 5.74) is 11.4. The number of nitrogens with one attached hydrogen (secondary N) is 1. The fourth-order valence-corrected chi connectivity index (χ4v) is 6.59. The van der Waals surface area contributed by atoms with Crippen molar-refractivity contribution < 1.29 is 0 Å². The van der Waals surface area contributed by atoms with E-state index in [9.17, 15) is 0 Å². The van der Waals surface area contributed by atoms with E-state index in [4.69, 9.17) is 0 Å². The second kappa shape index (κ2) is 13.8. The number of nitrogens with zero attached hydrogens (tertiary/aromatic N) is 1. The monoisotopic (exact) mass is 564 g/mol. The molecule has 43 heavy (non-hydrogen) atoms. The van der Waals surface area contributed by atoms with Crippen molar-refractivity contribution in [3.8, 4) is 11.1 Å². The quantitative estimate of drug-likeness (QED) is 0.259. The minimum Gasteiger partial charge on any atom is -0.381 e. The van der Waals surface area contributed by atoms with Gasteiger partial charge in [0.15, 0.2) is 0 Å². The molecule has 2 nitrogen and oxygen atoms in total. The van der Waals surface area contributed by atoms with Gasteiger partial charge in [-0.1, -0.05) is 111 Å². The normalized spacial score (nSPS) is 20.3. The second-order valence-electron chi connectivity index (χ2n) is 12.2. The maximum atomic E-state index is 4.52. The summed E-state index contributed by atoms with van der Waals surface area (Å²) >= 11 is 0. The Morgan fingerprint density at radius 2 is 1.51 bits per heavy atom. The van der Waals surface area contributed by atoms with Crippen LogP contribution in [0.1, 0.15) is 68.9 Å². The van der Waals surface area contributed by atoms with E-state index in [1.54, 1.807) is 0 Å². The average Bonchev–Trinajstić information content (AvgIpc) is 3.05. The van der Waals surface area contributed by atoms with Gasteiger partial charge in [-0.2, -0.15) is 0 Å². The van der Waals surface area contributed by atoms with Crippen LogP contribution in [0.25, 0.3) is 16.7 Å². The van der Waals surface area contributed by atoms with E-state index < -0.39 is 0 Å². The number of hydrogen-bond donors (Lipinski definition) is 1. The lowest BCUT2D eigenvalue weighted by Crippen LogP contribution is -2.36. The summed E-state index contributed by atoms with van der Waals surface area (Å²) in [6.45, 7) is 7.80. The highest BCUT2D eigenvalue weighted by Gasteiger charge is 2.25. The van der Waals surface area contributed by atoms with E-state index in [2.05, 4.69) is 145 Å². The van der Waals surface area contributed by atoms with E-state index in [-0.39, 0.29) is 0 Å². The predicted octanol–water partition coefficient (Wildman–Crippen LogP) is 11.3. The molecule has 0 bridgehead atoms. The van der Waals surface area contributed by atoms with Gasteiger partial charge in [0.25, 0.3) is 0 Å². The van der Waals surface area contributed by atoms with Crippen LogP contribution >= 0.6 is 0 Å². The van der Waals surface area contributed by atoms with E-state index >= 15 is 0 Å². The maximum absolute atomic E-state index is 4.52. The molecular weight excluding hydrogens is 520 g/mol. The molecule has 218 valence electrons. The molecule has 0 spiro atoms. The molecule has 2 aliphatic rings. The van der Waals surface area contributed by atoms with Crippen molar-refractivity contribution in [3.05, 3.63) is 145 Å². The van der Waals surface area contributed by atoms with Crippen LogP contribution in [-0.4, -0.2) is 12.6 Å². The summed E-state index contributed by atoms with van der Waals surface area (Å²) < 4.78 is 0. The standard InChI is InChI=1S/C41H44N2/c1-31-15-8-5-3-4-6-11-20-39(31)35-18-14-19-38(29-35)43-30-37(26-23-32(2)40-21-12-13-22-41(40)43)42-36-27-24-34(25-28-36)33-16-9-7-10-17-33/h6-7,9-14,16-22,24-25,27-29,32,37,42H,1,3-5,8,15,23,26,30H2,2H3/b11-6-,39-20?. The summed E-state index contributed by atoms with van der Waals surface area (Å²) in [6, 6.07) is 38.0. The third-order valence-corrected chi connectivity index (χ3v) is 9.07. The predicted molar refractivity (Wildman–Crippen MR) is 186 cm³/mol. The molecule has 1 heterocycles. The fourth-order valence-electron chi connectivity index (χ4n) is 6.59. The number of rotatable bonds is 5. The first-order valence-electron chi connectivity index (χ1n) is 16.1. The molecule has 6 rings (SSSR count). The van der Waals surface area contributed by atoms with Crippen molar-refractivity contribution in [1.29, 1.82) is 0 Å². The lowest BCUT2D eigenvalue weighted by Gasteiger charge is -2.36. The molecule has 0 amide bonds. The molecule has 1 aliphatic heterocycles. The highest BCUT2D eigenvalue weighted by molar-refractivity contribution is 5.82. The number of para-hydroxylation sites is 1. The Morgan fingerprint density at radius 1 is 0.744 bits per heavy atom. The van der Waals surface area contributed by atoms with Gasteiger partial charge in [-0.3, -0.25) is 0 Å². The van der Waals surface area contributed by atoms with Gasteiger partial charge in [0.2, 0.25) is 0 Å². The minimum atomic E-state index is 0.313. The maximum Gasteiger partial charge on any atom is 0.0446 e. The van der Waals surface area contributed by atoms with Crippen molar-refractivity contribution in [1.82, 2.24) is 0 Å². The lowest BCUT2D eigenvalue weighted by molar-refractivity contribution is 0.552. The van der Waals surface area contributed by atoms with Crippen LogP contribution in [0.4, 0.5) is 17.1 Å². The zero-order valence-corrected chi connectivity index (χ0v) is 25.5. The number of benzene rings is 4. The zero-order valence-electron chi connectivity index (χ0n) is 25.5. The van der Waals surface area contributed by atoms with Crippen molar-refractivity contribution in [2.45, 2.75) is 63.8 Å². The highest BCUT2D eigenvalue weighted by atomic mass is 15.2. The molecule has 0 radical (unpaired) electrons. The Hall–Kier alpha value is -4.30. The highest BCUT2D eigenvalue weighted by Crippen LogP contribution is 2.39. The molecule has 1 N–H and O–H groups in total. The van der Waals surface area contributed by atoms with Gasteiger partial charge in [-0.05, 0) is 108 Å². The van der Waals surface area contributed by atoms with Gasteiger partial charge in [0.05, 0.1) is 0 Å². The van der Waals surface area contributed by atoms with Gasteiger partial charge < -0.3 is 10.2 Å². The first kappa shape index (κ1) is 28.8. The largest absolute Gasteiger partial charge is 0.381 e. The van der Waals surface area contributed by atoms with Gasteiger partial charge in [0.1, 0.15) is 0 Å². The zero-order chi connectivity index (χ0) is 29.4. The smallest absolute Gasteiger partial charge is 0.0446 e. The molecule has 2 atom stereocenters. The summed E-state index contributed by atoms with van der Waals surface area (Å²) in [5, 5.41) is 3.92. The minimum absolute atomic E-state index is 0.313. The second-order valence-corrected chi connectivity index (χ2v) is 12.2. The molecule has 0 aromatic heterocycles. The molecule has 0 fully saturated rings. The van der Waals surface area contributed by atoms with Gasteiger partial charge in [-0.25, -0.2) is 0 Å². The van der Waals surface area contributed by atoms with Gasteiger partial charge in [-0.15, -0.1) is 0 Å². The lowest BCUT2D eigenvalue weighted by atomic mass is 9.89. The summed E-state index contributed by atoms with van der Waals surface area (Å²) in [7, 11) is 0. The van der Waals surface area contributed by atoms with E-state index in [0.717, 1.165) is 32.2 Å². The molecule has 4 aromatic carbocycles. The van der Waals surface area contributed by atoms with Crippen LogP contribution in [0.5, 0.6) is 0 Å². The molecule has 2 heteroatoms. The van der Waals surface area contributed by atoms with Crippen molar-refractivity contribution >= 4 is 22.6 Å². The summed E-state index contributed by atoms with van der Waals surface area (Å²) in [6.07, 6.45) is 15.0. The molecule has 0 saturated carbocycles. The Morgan fingerprint density at radius 3 is 2.37 bits per heavy atom. The van der Waals surface area contributed by atoms with Gasteiger partial charge in [0, 0.05) is 29.6 Å². The molecule has 1 aliphatic carbocycles. The van der Waals surface area contributed by atoms with E-state index in [0.29, 0.717) is 12.0 Å². The molecular formula is C41H44N2.